The lowest BCUT2D eigenvalue weighted by Crippen LogP contribution is -2.52. The Bertz CT molecular complexity index is 202. The summed E-state index contributed by atoms with van der Waals surface area (Å²) >= 11 is 0. The molecule has 4 heteroatoms. The van der Waals surface area contributed by atoms with E-state index in [-0.39, 0.29) is 17.9 Å². The molecule has 0 spiro atoms. The first-order valence-electron chi connectivity index (χ1n) is 5.96. The van der Waals surface area contributed by atoms with Crippen LogP contribution in [-0.2, 0) is 4.79 Å². The molecule has 0 saturated carbocycles. The second-order valence-electron chi connectivity index (χ2n) is 4.44. The van der Waals surface area contributed by atoms with Gasteiger partial charge in [-0.2, -0.15) is 0 Å². The van der Waals surface area contributed by atoms with E-state index in [0.29, 0.717) is 0 Å². The van der Waals surface area contributed by atoms with Crippen LogP contribution < -0.4 is 11.2 Å². The number of hydrogen-bond acceptors (Lipinski definition) is 3. The van der Waals surface area contributed by atoms with E-state index in [4.69, 9.17) is 5.73 Å². The number of nitrogens with one attached hydrogen (secondary N) is 1. The number of nitrogens with zero attached hydrogens (tertiary/aromatic N) is 1. The average molecular weight is 213 g/mol. The maximum Gasteiger partial charge on any atom is 0.251 e. The average Bonchev–Trinajstić information content (AvgIpc) is 2.28. The smallest absolute Gasteiger partial charge is 0.251 e. The third-order valence-electron chi connectivity index (χ3n) is 3.18. The van der Waals surface area contributed by atoms with E-state index in [9.17, 15) is 4.79 Å². The number of hydrazine groups is 1. The van der Waals surface area contributed by atoms with Gasteiger partial charge in [-0.3, -0.25) is 10.2 Å². The van der Waals surface area contributed by atoms with Gasteiger partial charge in [-0.25, -0.2) is 5.01 Å². The van der Waals surface area contributed by atoms with Gasteiger partial charge in [0, 0.05) is 13.1 Å². The maximum absolute atomic E-state index is 11.7. The van der Waals surface area contributed by atoms with Crippen molar-refractivity contribution in [2.45, 2.75) is 45.6 Å². The van der Waals surface area contributed by atoms with Crippen LogP contribution in [0.15, 0.2) is 0 Å². The molecule has 0 aromatic heterocycles. The molecule has 1 rings (SSSR count). The van der Waals surface area contributed by atoms with Crippen LogP contribution >= 0.6 is 0 Å². The van der Waals surface area contributed by atoms with Gasteiger partial charge >= 0.3 is 0 Å². The Balaban J connectivity index is 2.33. The first kappa shape index (κ1) is 12.5. The Kier molecular flexibility index (Phi) is 5.05. The fourth-order valence-corrected chi connectivity index (χ4v) is 1.75. The molecule has 1 heterocycles. The topological polar surface area (TPSA) is 58.4 Å². The van der Waals surface area contributed by atoms with E-state index < -0.39 is 0 Å². The van der Waals surface area contributed by atoms with E-state index in [1.54, 1.807) is 0 Å². The fraction of sp³-hybridized carbons (Fsp3) is 0.909. The van der Waals surface area contributed by atoms with Crippen molar-refractivity contribution in [1.82, 2.24) is 10.4 Å². The molecule has 88 valence electrons. The molecule has 0 bridgehead atoms. The van der Waals surface area contributed by atoms with E-state index in [1.165, 1.54) is 19.3 Å². The normalized spacial score (nSPS) is 22.1. The SMILES string of the molecule is CC[C@H](C)[C@H](N)C(=O)NN1CCCCC1. The standard InChI is InChI=1S/C11H23N3O/c1-3-9(2)10(12)11(15)13-14-7-5-4-6-8-14/h9-10H,3-8,12H2,1-2H3,(H,13,15)/t9-,10-/m0/s1. The van der Waals surface area contributed by atoms with Gasteiger partial charge in [-0.15, -0.1) is 0 Å². The highest BCUT2D eigenvalue weighted by molar-refractivity contribution is 5.81. The summed E-state index contributed by atoms with van der Waals surface area (Å²) in [5.74, 6) is 0.209. The summed E-state index contributed by atoms with van der Waals surface area (Å²) in [5, 5.41) is 1.99. The summed E-state index contributed by atoms with van der Waals surface area (Å²) in [6, 6.07) is -0.378. The van der Waals surface area contributed by atoms with E-state index in [1.807, 2.05) is 11.9 Å². The lowest BCUT2D eigenvalue weighted by Gasteiger charge is -2.29. The summed E-state index contributed by atoms with van der Waals surface area (Å²) in [5.41, 5.74) is 8.75. The first-order valence-corrected chi connectivity index (χ1v) is 5.96. The molecule has 4 nitrogen and oxygen atoms in total. The van der Waals surface area contributed by atoms with Crippen LogP contribution in [0, 0.1) is 5.92 Å². The van der Waals surface area contributed by atoms with Crippen LogP contribution in [0.2, 0.25) is 0 Å². The van der Waals surface area contributed by atoms with Crippen molar-refractivity contribution >= 4 is 5.91 Å². The van der Waals surface area contributed by atoms with Crippen molar-refractivity contribution in [2.75, 3.05) is 13.1 Å². The third kappa shape index (κ3) is 3.80. The number of rotatable bonds is 4. The van der Waals surface area contributed by atoms with E-state index >= 15 is 0 Å². The number of carbonyl (C=O) groups excluding carboxylic acids is 1. The molecule has 3 N–H and O–H groups in total. The molecule has 0 unspecified atom stereocenters. The lowest BCUT2D eigenvalue weighted by molar-refractivity contribution is -0.128. The van der Waals surface area contributed by atoms with Crippen molar-refractivity contribution in [3.8, 4) is 0 Å². The molecule has 1 amide bonds. The predicted octanol–water partition coefficient (Wildman–Crippen LogP) is 0.877. The molecule has 15 heavy (non-hydrogen) atoms. The van der Waals surface area contributed by atoms with Crippen LogP contribution in [0.5, 0.6) is 0 Å². The summed E-state index contributed by atoms with van der Waals surface area (Å²) in [6.07, 6.45) is 4.54. The highest BCUT2D eigenvalue weighted by atomic mass is 16.2. The van der Waals surface area contributed by atoms with Gasteiger partial charge in [-0.05, 0) is 18.8 Å². The Hall–Kier alpha value is -0.610. The van der Waals surface area contributed by atoms with Gasteiger partial charge in [-0.1, -0.05) is 26.7 Å². The second kappa shape index (κ2) is 6.08. The molecular weight excluding hydrogens is 190 g/mol. The van der Waals surface area contributed by atoms with E-state index in [0.717, 1.165) is 19.5 Å². The van der Waals surface area contributed by atoms with Crippen molar-refractivity contribution in [1.29, 1.82) is 0 Å². The van der Waals surface area contributed by atoms with Crippen LogP contribution in [0.4, 0.5) is 0 Å². The molecule has 0 radical (unpaired) electrons. The molecule has 1 fully saturated rings. The molecule has 1 aliphatic heterocycles. The van der Waals surface area contributed by atoms with Gasteiger partial charge in [0.2, 0.25) is 0 Å². The zero-order chi connectivity index (χ0) is 11.3. The molecule has 2 atom stereocenters. The molecule has 0 aromatic rings. The summed E-state index contributed by atoms with van der Waals surface area (Å²) in [4.78, 5) is 11.7. The number of piperidine rings is 1. The third-order valence-corrected chi connectivity index (χ3v) is 3.18. The van der Waals surface area contributed by atoms with Crippen molar-refractivity contribution in [2.24, 2.45) is 11.7 Å². The van der Waals surface area contributed by atoms with E-state index in [2.05, 4.69) is 12.3 Å². The fourth-order valence-electron chi connectivity index (χ4n) is 1.75. The van der Waals surface area contributed by atoms with Crippen molar-refractivity contribution in [3.05, 3.63) is 0 Å². The van der Waals surface area contributed by atoms with Crippen molar-refractivity contribution < 1.29 is 4.79 Å². The first-order chi connectivity index (χ1) is 7.15. The van der Waals surface area contributed by atoms with Gasteiger partial charge in [0.05, 0.1) is 6.04 Å². The van der Waals surface area contributed by atoms with Crippen LogP contribution in [0.3, 0.4) is 0 Å². The predicted molar refractivity (Wildman–Crippen MR) is 61.0 cm³/mol. The van der Waals surface area contributed by atoms with Crippen molar-refractivity contribution in [3.63, 3.8) is 0 Å². The van der Waals surface area contributed by atoms with Crippen LogP contribution in [0.25, 0.3) is 0 Å². The molecule has 1 aliphatic rings. The van der Waals surface area contributed by atoms with Crippen LogP contribution in [0.1, 0.15) is 39.5 Å². The van der Waals surface area contributed by atoms with Crippen LogP contribution in [-0.4, -0.2) is 30.0 Å². The molecule has 1 saturated heterocycles. The number of nitrogens with two attached hydrogens (primary N) is 1. The van der Waals surface area contributed by atoms with Gasteiger partial charge in [0.15, 0.2) is 0 Å². The minimum Gasteiger partial charge on any atom is -0.320 e. The molecular formula is C11H23N3O. The zero-order valence-electron chi connectivity index (χ0n) is 9.83. The summed E-state index contributed by atoms with van der Waals surface area (Å²) in [7, 11) is 0. The summed E-state index contributed by atoms with van der Waals surface area (Å²) in [6.45, 7) is 5.98. The minimum absolute atomic E-state index is 0.0359. The maximum atomic E-state index is 11.7. The monoisotopic (exact) mass is 213 g/mol. The molecule has 0 aromatic carbocycles. The Morgan fingerprint density at radius 2 is 2.00 bits per heavy atom. The largest absolute Gasteiger partial charge is 0.320 e. The quantitative estimate of drug-likeness (QED) is 0.728. The second-order valence-corrected chi connectivity index (χ2v) is 4.44. The Morgan fingerprint density at radius 1 is 1.40 bits per heavy atom. The Labute approximate surface area is 92.2 Å². The van der Waals surface area contributed by atoms with Gasteiger partial charge < -0.3 is 5.73 Å². The Morgan fingerprint density at radius 3 is 2.53 bits per heavy atom. The molecule has 0 aliphatic carbocycles. The highest BCUT2D eigenvalue weighted by Crippen LogP contribution is 2.08. The number of carbonyl (C=O) groups is 1. The lowest BCUT2D eigenvalue weighted by atomic mass is 10.00. The van der Waals surface area contributed by atoms with Gasteiger partial charge in [0.25, 0.3) is 5.91 Å². The zero-order valence-corrected chi connectivity index (χ0v) is 9.83. The summed E-state index contributed by atoms with van der Waals surface area (Å²) < 4.78 is 0. The highest BCUT2D eigenvalue weighted by Gasteiger charge is 2.21. The number of amides is 1. The minimum atomic E-state index is -0.378. The van der Waals surface area contributed by atoms with Gasteiger partial charge in [0.1, 0.15) is 0 Å². The number of hydrogen-bond donors (Lipinski definition) is 2.